The van der Waals surface area contributed by atoms with E-state index in [-0.39, 0.29) is 18.6 Å². The van der Waals surface area contributed by atoms with Crippen LogP contribution in [0.2, 0.25) is 0 Å². The Bertz CT molecular complexity index is 1380. The molecule has 11 nitrogen and oxygen atoms in total. The summed E-state index contributed by atoms with van der Waals surface area (Å²) in [6.45, 7) is 0. The van der Waals surface area contributed by atoms with E-state index in [4.69, 9.17) is 5.73 Å². The van der Waals surface area contributed by atoms with Crippen molar-refractivity contribution in [1.82, 2.24) is 20.9 Å². The Morgan fingerprint density at radius 1 is 0.814 bits per heavy atom. The molecule has 8 N–H and O–H groups in total. The number of hydrogen-bond acceptors (Lipinski definition) is 8. The van der Waals surface area contributed by atoms with Crippen molar-refractivity contribution >= 4 is 58.1 Å². The zero-order valence-electron chi connectivity index (χ0n) is 24.2. The molecule has 0 aliphatic rings. The summed E-state index contributed by atoms with van der Waals surface area (Å²) >= 11 is 3.06. The van der Waals surface area contributed by atoms with Crippen LogP contribution in [-0.4, -0.2) is 87.1 Å². The molecule has 0 radical (unpaired) electrons. The van der Waals surface area contributed by atoms with Crippen LogP contribution < -0.4 is 21.7 Å². The average Bonchev–Trinajstić information content (AvgIpc) is 3.40. The maximum atomic E-state index is 13.6. The number of carbonyl (C=O) groups excluding carboxylic acids is 3. The number of carbonyl (C=O) groups is 4. The van der Waals surface area contributed by atoms with Crippen LogP contribution in [-0.2, 0) is 32.0 Å². The predicted molar refractivity (Wildman–Crippen MR) is 171 cm³/mol. The molecule has 0 saturated carbocycles. The summed E-state index contributed by atoms with van der Waals surface area (Å²) in [6.07, 6.45) is 6.29. The van der Waals surface area contributed by atoms with Crippen molar-refractivity contribution in [3.63, 3.8) is 0 Å². The molecule has 3 amide bonds. The summed E-state index contributed by atoms with van der Waals surface area (Å²) < 4.78 is 0. The topological polar surface area (TPSA) is 187 Å². The third-order valence-corrected chi connectivity index (χ3v) is 8.22. The number of aromatic amines is 1. The summed E-state index contributed by atoms with van der Waals surface area (Å²) in [4.78, 5) is 55.1. The van der Waals surface area contributed by atoms with Crippen LogP contribution in [0.15, 0.2) is 54.7 Å². The van der Waals surface area contributed by atoms with Crippen LogP contribution in [0.25, 0.3) is 10.9 Å². The Morgan fingerprint density at radius 3 is 2.09 bits per heavy atom. The van der Waals surface area contributed by atoms with E-state index in [2.05, 4.69) is 20.9 Å². The summed E-state index contributed by atoms with van der Waals surface area (Å²) in [6, 6.07) is 9.42. The SMILES string of the molecule is CSCCC(N)C(=O)NC(CCSC)C(=O)NC(Cc1ccc(O)cc1)C(=O)NC(Cc1c[nH]c2ccccc12)C(=O)O. The molecule has 0 fully saturated rings. The molecule has 2 aromatic carbocycles. The third kappa shape index (κ3) is 10.2. The maximum absolute atomic E-state index is 13.6. The maximum Gasteiger partial charge on any atom is 0.326 e. The van der Waals surface area contributed by atoms with Gasteiger partial charge in [-0.2, -0.15) is 23.5 Å². The van der Waals surface area contributed by atoms with Gasteiger partial charge in [-0.3, -0.25) is 14.4 Å². The zero-order chi connectivity index (χ0) is 31.4. The van der Waals surface area contributed by atoms with Gasteiger partial charge in [0, 0.05) is 29.9 Å². The van der Waals surface area contributed by atoms with Crippen molar-refractivity contribution < 1.29 is 29.4 Å². The highest BCUT2D eigenvalue weighted by atomic mass is 32.2. The molecule has 3 aromatic rings. The van der Waals surface area contributed by atoms with Crippen molar-refractivity contribution in [3.8, 4) is 5.75 Å². The first-order valence-corrected chi connectivity index (χ1v) is 16.6. The molecule has 4 unspecified atom stereocenters. The van der Waals surface area contributed by atoms with E-state index in [1.165, 1.54) is 23.9 Å². The number of nitrogens with two attached hydrogens (primary N) is 1. The van der Waals surface area contributed by atoms with Crippen molar-refractivity contribution in [2.75, 3.05) is 24.0 Å². The molecule has 3 rings (SSSR count). The van der Waals surface area contributed by atoms with Crippen LogP contribution >= 0.6 is 23.5 Å². The van der Waals surface area contributed by atoms with E-state index in [0.29, 0.717) is 29.9 Å². The van der Waals surface area contributed by atoms with Gasteiger partial charge in [-0.05, 0) is 66.2 Å². The fourth-order valence-corrected chi connectivity index (χ4v) is 5.46. The average molecular weight is 630 g/mol. The number of phenolic OH excluding ortho intramolecular Hbond substituents is 1. The number of hydrogen-bond donors (Lipinski definition) is 7. The van der Waals surface area contributed by atoms with Gasteiger partial charge in [0.15, 0.2) is 0 Å². The number of aliphatic carboxylic acids is 1. The Hall–Kier alpha value is -3.68. The number of aromatic hydroxyl groups is 1. The van der Waals surface area contributed by atoms with Crippen molar-refractivity contribution in [2.24, 2.45) is 5.73 Å². The molecule has 0 spiro atoms. The quantitative estimate of drug-likeness (QED) is 0.117. The first-order chi connectivity index (χ1) is 20.6. The zero-order valence-corrected chi connectivity index (χ0v) is 25.8. The Labute approximate surface area is 259 Å². The number of benzene rings is 2. The number of nitrogens with one attached hydrogen (secondary N) is 4. The number of rotatable bonds is 17. The monoisotopic (exact) mass is 629 g/mol. The lowest BCUT2D eigenvalue weighted by Crippen LogP contribution is -2.58. The first-order valence-electron chi connectivity index (χ1n) is 13.8. The van der Waals surface area contributed by atoms with E-state index in [9.17, 15) is 29.4 Å². The highest BCUT2D eigenvalue weighted by Crippen LogP contribution is 2.19. The number of thioether (sulfide) groups is 2. The normalized spacial score (nSPS) is 13.9. The van der Waals surface area contributed by atoms with E-state index in [1.54, 1.807) is 30.1 Å². The predicted octanol–water partition coefficient (Wildman–Crippen LogP) is 2.03. The molecule has 232 valence electrons. The third-order valence-electron chi connectivity index (χ3n) is 6.94. The molecule has 0 bridgehead atoms. The Balaban J connectivity index is 1.81. The van der Waals surface area contributed by atoms with Crippen LogP contribution in [0.3, 0.4) is 0 Å². The van der Waals surface area contributed by atoms with Gasteiger partial charge in [-0.15, -0.1) is 0 Å². The Kier molecular flexibility index (Phi) is 13.2. The smallest absolute Gasteiger partial charge is 0.326 e. The van der Waals surface area contributed by atoms with Gasteiger partial charge >= 0.3 is 5.97 Å². The number of amides is 3. The van der Waals surface area contributed by atoms with Gasteiger partial charge in [0.05, 0.1) is 6.04 Å². The first kappa shape index (κ1) is 33.8. The lowest BCUT2D eigenvalue weighted by atomic mass is 10.0. The van der Waals surface area contributed by atoms with Crippen LogP contribution in [0.5, 0.6) is 5.75 Å². The van der Waals surface area contributed by atoms with Gasteiger partial charge in [-0.1, -0.05) is 30.3 Å². The second-order valence-corrected chi connectivity index (χ2v) is 12.1. The largest absolute Gasteiger partial charge is 0.508 e. The number of aromatic nitrogens is 1. The minimum Gasteiger partial charge on any atom is -0.508 e. The second kappa shape index (κ2) is 16.8. The van der Waals surface area contributed by atoms with Crippen LogP contribution in [0, 0.1) is 0 Å². The van der Waals surface area contributed by atoms with Gasteiger partial charge in [0.2, 0.25) is 17.7 Å². The van der Waals surface area contributed by atoms with Gasteiger partial charge in [0.25, 0.3) is 0 Å². The van der Waals surface area contributed by atoms with Crippen LogP contribution in [0.4, 0.5) is 0 Å². The fraction of sp³-hybridized carbons (Fsp3) is 0.400. The number of carboxylic acid groups (broad SMARTS) is 1. The van der Waals surface area contributed by atoms with E-state index >= 15 is 0 Å². The summed E-state index contributed by atoms with van der Waals surface area (Å²) in [7, 11) is 0. The number of para-hydroxylation sites is 1. The fourth-order valence-electron chi connectivity index (χ4n) is 4.50. The molecule has 0 aliphatic heterocycles. The number of phenols is 1. The number of carboxylic acids is 1. The molecular weight excluding hydrogens is 590 g/mol. The molecular formula is C30H39N5O6S2. The van der Waals surface area contributed by atoms with Gasteiger partial charge < -0.3 is 36.9 Å². The molecule has 13 heteroatoms. The van der Waals surface area contributed by atoms with Crippen molar-refractivity contribution in [3.05, 3.63) is 65.9 Å². The second-order valence-electron chi connectivity index (χ2n) is 10.1. The molecule has 1 aromatic heterocycles. The summed E-state index contributed by atoms with van der Waals surface area (Å²) in [5.41, 5.74) is 8.21. The number of fused-ring (bicyclic) bond motifs is 1. The molecule has 43 heavy (non-hydrogen) atoms. The lowest BCUT2D eigenvalue weighted by Gasteiger charge is -2.25. The summed E-state index contributed by atoms with van der Waals surface area (Å²) in [5.74, 6) is -1.66. The molecule has 0 aliphatic carbocycles. The lowest BCUT2D eigenvalue weighted by molar-refractivity contribution is -0.142. The van der Waals surface area contributed by atoms with Crippen molar-refractivity contribution in [2.45, 2.75) is 49.9 Å². The Morgan fingerprint density at radius 2 is 1.42 bits per heavy atom. The minimum absolute atomic E-state index is 0.0191. The minimum atomic E-state index is -1.27. The van der Waals surface area contributed by atoms with Gasteiger partial charge in [0.1, 0.15) is 23.9 Å². The van der Waals surface area contributed by atoms with Gasteiger partial charge in [-0.25, -0.2) is 4.79 Å². The number of H-pyrrole nitrogens is 1. The molecule has 0 saturated heterocycles. The molecule has 4 atom stereocenters. The highest BCUT2D eigenvalue weighted by Gasteiger charge is 2.31. The van der Waals surface area contributed by atoms with E-state index in [0.717, 1.165) is 16.5 Å². The van der Waals surface area contributed by atoms with E-state index in [1.807, 2.05) is 36.8 Å². The van der Waals surface area contributed by atoms with E-state index < -0.39 is 47.9 Å². The highest BCUT2D eigenvalue weighted by molar-refractivity contribution is 7.98. The van der Waals surface area contributed by atoms with Crippen LogP contribution in [0.1, 0.15) is 24.0 Å². The van der Waals surface area contributed by atoms with Crippen molar-refractivity contribution in [1.29, 1.82) is 0 Å². The summed E-state index contributed by atoms with van der Waals surface area (Å²) in [5, 5.41) is 28.5. The standard InChI is InChI=1S/C30H39N5O6S2/c1-42-13-11-22(31)27(37)33-24(12-14-43-2)28(38)34-25(15-18-7-9-20(36)10-8-18)29(39)35-26(30(40)41)16-19-17-32-23-6-4-3-5-21(19)23/h3-10,17,22,24-26,32,36H,11-16,31H2,1-2H3,(H,33,37)(H,34,38)(H,35,39)(H,40,41). The molecule has 1 heterocycles.